The molecule has 2 aromatic rings. The Hall–Kier alpha value is -1.72. The van der Waals surface area contributed by atoms with Crippen molar-refractivity contribution >= 4 is 29.2 Å². The first-order valence-corrected chi connectivity index (χ1v) is 6.68. The van der Waals surface area contributed by atoms with Crippen molar-refractivity contribution in [3.8, 4) is 0 Å². The van der Waals surface area contributed by atoms with Gasteiger partial charge in [0.05, 0.1) is 0 Å². The third-order valence-corrected chi connectivity index (χ3v) is 3.49. The molecular weight excluding hydrogens is 282 g/mol. The lowest BCUT2D eigenvalue weighted by Crippen LogP contribution is -2.13. The number of aryl methyl sites for hydroxylation is 1. The number of halogens is 1. The quantitative estimate of drug-likeness (QED) is 0.394. The summed E-state index contributed by atoms with van der Waals surface area (Å²) in [5.41, 5.74) is 7.03. The molecule has 19 heavy (non-hydrogen) atoms. The second kappa shape index (κ2) is 5.95. The Kier molecular flexibility index (Phi) is 4.29. The summed E-state index contributed by atoms with van der Waals surface area (Å²) in [5.74, 6) is 0.0680. The number of nitrogens with zero attached hydrogens (tertiary/aromatic N) is 2. The number of hydrogen-bond donors (Lipinski definition) is 2. The second-order valence-corrected chi connectivity index (χ2v) is 5.41. The van der Waals surface area contributed by atoms with E-state index >= 15 is 0 Å². The average molecular weight is 294 g/mol. The maximum absolute atomic E-state index is 8.71. The van der Waals surface area contributed by atoms with E-state index in [4.69, 9.17) is 22.5 Å². The van der Waals surface area contributed by atoms with Gasteiger partial charge in [-0.3, -0.25) is 0 Å². The van der Waals surface area contributed by atoms with Crippen LogP contribution in [0.4, 0.5) is 0 Å². The number of amidine groups is 1. The van der Waals surface area contributed by atoms with Crippen molar-refractivity contribution in [1.29, 1.82) is 0 Å². The molecule has 0 fully saturated rings. The molecule has 0 saturated heterocycles. The number of aromatic nitrogens is 1. The van der Waals surface area contributed by atoms with Gasteiger partial charge in [-0.25, -0.2) is 4.98 Å². The molecular formula is C13H12ClN3OS. The molecule has 0 aliphatic carbocycles. The zero-order chi connectivity index (χ0) is 13.8. The smallest absolute Gasteiger partial charge is 0.170 e. The van der Waals surface area contributed by atoms with Crippen LogP contribution in [0.25, 0.3) is 0 Å². The molecule has 0 unspecified atom stereocenters. The summed E-state index contributed by atoms with van der Waals surface area (Å²) < 4.78 is 0. The van der Waals surface area contributed by atoms with Gasteiger partial charge in [-0.05, 0) is 37.3 Å². The topological polar surface area (TPSA) is 71.5 Å². The van der Waals surface area contributed by atoms with Gasteiger partial charge in [-0.1, -0.05) is 34.6 Å². The molecule has 2 rings (SSSR count). The molecule has 1 aromatic heterocycles. The highest BCUT2D eigenvalue weighted by atomic mass is 35.5. The molecule has 1 heterocycles. The minimum absolute atomic E-state index is 0.0680. The standard InChI is InChI=1S/C13H12ClN3OS/c1-8-5-9(13(15)17-18)6-12(16-8)19-11-4-2-3-10(14)7-11/h2-7,18H,1H3,(H2,15,17). The van der Waals surface area contributed by atoms with E-state index in [0.29, 0.717) is 10.6 Å². The third kappa shape index (κ3) is 3.62. The number of benzene rings is 1. The minimum atomic E-state index is 0.0680. The predicted molar refractivity (Wildman–Crippen MR) is 77.1 cm³/mol. The number of rotatable bonds is 3. The van der Waals surface area contributed by atoms with E-state index in [-0.39, 0.29) is 5.84 Å². The van der Waals surface area contributed by atoms with Crippen LogP contribution in [-0.2, 0) is 0 Å². The molecule has 4 nitrogen and oxygen atoms in total. The van der Waals surface area contributed by atoms with Gasteiger partial charge in [-0.15, -0.1) is 0 Å². The third-order valence-electron chi connectivity index (χ3n) is 2.35. The Bertz CT molecular complexity index is 631. The van der Waals surface area contributed by atoms with Crippen molar-refractivity contribution in [3.05, 3.63) is 52.7 Å². The lowest BCUT2D eigenvalue weighted by molar-refractivity contribution is 0.318. The van der Waals surface area contributed by atoms with Crippen molar-refractivity contribution < 1.29 is 5.21 Å². The van der Waals surface area contributed by atoms with Crippen LogP contribution in [0.1, 0.15) is 11.3 Å². The van der Waals surface area contributed by atoms with Crippen LogP contribution in [0.15, 0.2) is 51.5 Å². The summed E-state index contributed by atoms with van der Waals surface area (Å²) in [6.07, 6.45) is 0. The van der Waals surface area contributed by atoms with Gasteiger partial charge in [0.15, 0.2) is 5.84 Å². The molecule has 0 aliphatic rings. The molecule has 0 amide bonds. The molecule has 0 saturated carbocycles. The highest BCUT2D eigenvalue weighted by Crippen LogP contribution is 2.28. The Morgan fingerprint density at radius 1 is 1.37 bits per heavy atom. The Morgan fingerprint density at radius 3 is 2.84 bits per heavy atom. The lowest BCUT2D eigenvalue weighted by atomic mass is 10.2. The highest BCUT2D eigenvalue weighted by Gasteiger charge is 2.06. The maximum Gasteiger partial charge on any atom is 0.170 e. The molecule has 6 heteroatoms. The SMILES string of the molecule is Cc1cc(/C(N)=N/O)cc(Sc2cccc(Cl)c2)n1. The Balaban J connectivity index is 2.33. The summed E-state index contributed by atoms with van der Waals surface area (Å²) in [7, 11) is 0. The summed E-state index contributed by atoms with van der Waals surface area (Å²) in [5, 5.41) is 13.2. The molecule has 0 spiro atoms. The van der Waals surface area contributed by atoms with Gasteiger partial charge in [-0.2, -0.15) is 0 Å². The van der Waals surface area contributed by atoms with E-state index in [2.05, 4.69) is 10.1 Å². The van der Waals surface area contributed by atoms with Crippen molar-refractivity contribution in [2.75, 3.05) is 0 Å². The van der Waals surface area contributed by atoms with Crippen molar-refractivity contribution in [2.24, 2.45) is 10.9 Å². The summed E-state index contributed by atoms with van der Waals surface area (Å²) >= 11 is 7.41. The van der Waals surface area contributed by atoms with Gasteiger partial charge in [0.2, 0.25) is 0 Å². The summed E-state index contributed by atoms with van der Waals surface area (Å²) in [6.45, 7) is 1.86. The summed E-state index contributed by atoms with van der Waals surface area (Å²) in [6, 6.07) is 11.0. The van der Waals surface area contributed by atoms with Gasteiger partial charge < -0.3 is 10.9 Å². The van der Waals surface area contributed by atoms with Crippen LogP contribution >= 0.6 is 23.4 Å². The van der Waals surface area contributed by atoms with E-state index in [9.17, 15) is 0 Å². The molecule has 0 radical (unpaired) electrons. The van der Waals surface area contributed by atoms with Crippen LogP contribution in [0, 0.1) is 6.92 Å². The first-order valence-electron chi connectivity index (χ1n) is 5.48. The zero-order valence-corrected chi connectivity index (χ0v) is 11.7. The van der Waals surface area contributed by atoms with E-state index in [1.807, 2.05) is 31.2 Å². The molecule has 0 atom stereocenters. The maximum atomic E-state index is 8.71. The predicted octanol–water partition coefficient (Wildman–Crippen LogP) is 3.29. The molecule has 1 aromatic carbocycles. The normalized spacial score (nSPS) is 11.6. The van der Waals surface area contributed by atoms with Gasteiger partial charge >= 0.3 is 0 Å². The fraction of sp³-hybridized carbons (Fsp3) is 0.0769. The van der Waals surface area contributed by atoms with E-state index in [0.717, 1.165) is 15.6 Å². The van der Waals surface area contributed by atoms with Crippen molar-refractivity contribution in [3.63, 3.8) is 0 Å². The molecule has 3 N–H and O–H groups in total. The van der Waals surface area contributed by atoms with E-state index in [1.165, 1.54) is 11.8 Å². The van der Waals surface area contributed by atoms with Crippen LogP contribution in [0.5, 0.6) is 0 Å². The fourth-order valence-corrected chi connectivity index (χ4v) is 2.75. The zero-order valence-electron chi connectivity index (χ0n) is 10.2. The number of pyridine rings is 1. The van der Waals surface area contributed by atoms with Crippen molar-refractivity contribution in [1.82, 2.24) is 4.98 Å². The number of hydrogen-bond acceptors (Lipinski definition) is 4. The van der Waals surface area contributed by atoms with Crippen LogP contribution < -0.4 is 5.73 Å². The first kappa shape index (κ1) is 13.7. The van der Waals surface area contributed by atoms with E-state index < -0.39 is 0 Å². The highest BCUT2D eigenvalue weighted by molar-refractivity contribution is 7.99. The van der Waals surface area contributed by atoms with Crippen molar-refractivity contribution in [2.45, 2.75) is 16.8 Å². The Morgan fingerprint density at radius 2 is 2.16 bits per heavy atom. The summed E-state index contributed by atoms with van der Waals surface area (Å²) in [4.78, 5) is 5.39. The van der Waals surface area contributed by atoms with Crippen LogP contribution in [-0.4, -0.2) is 16.0 Å². The number of oxime groups is 1. The largest absolute Gasteiger partial charge is 0.409 e. The lowest BCUT2D eigenvalue weighted by Gasteiger charge is -2.06. The monoisotopic (exact) mass is 293 g/mol. The van der Waals surface area contributed by atoms with E-state index in [1.54, 1.807) is 12.1 Å². The molecule has 0 aliphatic heterocycles. The van der Waals surface area contributed by atoms with Crippen LogP contribution in [0.3, 0.4) is 0 Å². The number of nitrogens with two attached hydrogens (primary N) is 1. The van der Waals surface area contributed by atoms with Gasteiger partial charge in [0.1, 0.15) is 5.03 Å². The molecule has 0 bridgehead atoms. The average Bonchev–Trinajstić information content (AvgIpc) is 2.37. The van der Waals surface area contributed by atoms with Crippen LogP contribution in [0.2, 0.25) is 5.02 Å². The van der Waals surface area contributed by atoms with Gasteiger partial charge in [0, 0.05) is 21.2 Å². The van der Waals surface area contributed by atoms with Gasteiger partial charge in [0.25, 0.3) is 0 Å². The first-order chi connectivity index (χ1) is 9.08. The minimum Gasteiger partial charge on any atom is -0.409 e. The Labute approximate surface area is 120 Å². The second-order valence-electron chi connectivity index (χ2n) is 3.88. The fourth-order valence-electron chi connectivity index (χ4n) is 1.55. The molecule has 98 valence electrons.